The zero-order chi connectivity index (χ0) is 23.8. The Morgan fingerprint density at radius 3 is 2.70 bits per heavy atom. The SMILES string of the molecule is C[C@@H]1[C@@](C)(CF)SC(N)=N[C@]1(CF)c1cc(Nc2ncnc3cc(C#N)cnc23)ccc1F. The minimum atomic E-state index is -1.69. The molecule has 0 radical (unpaired) electrons. The monoisotopic (exact) mass is 471 g/mol. The van der Waals surface area contributed by atoms with Gasteiger partial charge in [0, 0.05) is 23.4 Å². The zero-order valence-electron chi connectivity index (χ0n) is 17.8. The number of hydrogen-bond donors (Lipinski definition) is 2. The minimum absolute atomic E-state index is 0.00273. The van der Waals surface area contributed by atoms with Crippen LogP contribution in [-0.2, 0) is 5.54 Å². The van der Waals surface area contributed by atoms with Crippen LogP contribution in [0.1, 0.15) is 25.0 Å². The number of hydrogen-bond acceptors (Lipinski definition) is 8. The summed E-state index contributed by atoms with van der Waals surface area (Å²) >= 11 is 1.03. The van der Waals surface area contributed by atoms with Gasteiger partial charge in [-0.2, -0.15) is 5.26 Å². The smallest absolute Gasteiger partial charge is 0.160 e. The number of pyridine rings is 1. The van der Waals surface area contributed by atoms with E-state index in [-0.39, 0.29) is 10.7 Å². The lowest BCUT2D eigenvalue weighted by molar-refractivity contribution is 0.166. The van der Waals surface area contributed by atoms with E-state index in [4.69, 9.17) is 11.0 Å². The second-order valence-corrected chi connectivity index (χ2v) is 9.58. The van der Waals surface area contributed by atoms with Crippen LogP contribution < -0.4 is 11.1 Å². The van der Waals surface area contributed by atoms with Crippen LogP contribution in [0.4, 0.5) is 24.7 Å². The van der Waals surface area contributed by atoms with Crippen LogP contribution in [0.2, 0.25) is 0 Å². The number of nitrogens with one attached hydrogen (secondary N) is 1. The van der Waals surface area contributed by atoms with Gasteiger partial charge in [0.05, 0.1) is 15.8 Å². The summed E-state index contributed by atoms with van der Waals surface area (Å²) in [4.78, 5) is 16.8. The third-order valence-corrected chi connectivity index (χ3v) is 7.28. The van der Waals surface area contributed by atoms with Crippen molar-refractivity contribution in [2.45, 2.75) is 24.1 Å². The van der Waals surface area contributed by atoms with Gasteiger partial charge in [-0.05, 0) is 31.2 Å². The maximum absolute atomic E-state index is 15.0. The van der Waals surface area contributed by atoms with E-state index in [2.05, 4.69) is 25.3 Å². The summed E-state index contributed by atoms with van der Waals surface area (Å²) in [5.41, 5.74) is 5.79. The molecule has 3 atom stereocenters. The van der Waals surface area contributed by atoms with Crippen molar-refractivity contribution in [3.63, 3.8) is 0 Å². The first-order valence-electron chi connectivity index (χ1n) is 10.0. The lowest BCUT2D eigenvalue weighted by Gasteiger charge is -2.46. The number of halogens is 3. The van der Waals surface area contributed by atoms with Crippen molar-refractivity contribution in [1.82, 2.24) is 15.0 Å². The average molecular weight is 472 g/mol. The summed E-state index contributed by atoms with van der Waals surface area (Å²) in [6.07, 6.45) is 2.70. The van der Waals surface area contributed by atoms with E-state index in [1.807, 2.05) is 6.07 Å². The van der Waals surface area contributed by atoms with Gasteiger partial charge in [0.25, 0.3) is 0 Å². The molecule has 3 N–H and O–H groups in total. The van der Waals surface area contributed by atoms with E-state index < -0.39 is 35.4 Å². The Morgan fingerprint density at radius 2 is 2.00 bits per heavy atom. The minimum Gasteiger partial charge on any atom is -0.378 e. The van der Waals surface area contributed by atoms with Gasteiger partial charge in [-0.25, -0.2) is 33.1 Å². The van der Waals surface area contributed by atoms with E-state index >= 15 is 4.39 Å². The number of alkyl halides is 2. The second kappa shape index (κ2) is 8.51. The van der Waals surface area contributed by atoms with Crippen molar-refractivity contribution in [3.8, 4) is 6.07 Å². The van der Waals surface area contributed by atoms with Gasteiger partial charge < -0.3 is 11.1 Å². The summed E-state index contributed by atoms with van der Waals surface area (Å²) in [5, 5.41) is 12.1. The largest absolute Gasteiger partial charge is 0.378 e. The fraction of sp³-hybridized carbons (Fsp3) is 0.318. The molecule has 3 aromatic rings. The Bertz CT molecular complexity index is 1290. The Kier molecular flexibility index (Phi) is 5.88. The van der Waals surface area contributed by atoms with Crippen molar-refractivity contribution in [1.29, 1.82) is 5.26 Å². The van der Waals surface area contributed by atoms with Crippen molar-refractivity contribution < 1.29 is 13.2 Å². The molecule has 170 valence electrons. The summed E-state index contributed by atoms with van der Waals surface area (Å²) in [6.45, 7) is 1.44. The number of nitrogens with two attached hydrogens (primary N) is 1. The zero-order valence-corrected chi connectivity index (χ0v) is 18.6. The molecule has 1 aromatic carbocycles. The number of benzene rings is 1. The molecule has 3 heterocycles. The fourth-order valence-corrected chi connectivity index (χ4v) is 5.08. The summed E-state index contributed by atoms with van der Waals surface area (Å²) in [5.74, 6) is -1.06. The molecule has 0 saturated carbocycles. The first kappa shape index (κ1) is 22.8. The molecule has 0 saturated heterocycles. The number of thioether (sulfide) groups is 1. The first-order valence-corrected chi connectivity index (χ1v) is 10.8. The summed E-state index contributed by atoms with van der Waals surface area (Å²) in [6, 6.07) is 7.64. The molecule has 7 nitrogen and oxygen atoms in total. The molecule has 0 unspecified atom stereocenters. The number of fused-ring (bicyclic) bond motifs is 1. The molecule has 2 aromatic heterocycles. The predicted molar refractivity (Wildman–Crippen MR) is 122 cm³/mol. The number of anilines is 2. The van der Waals surface area contributed by atoms with E-state index in [1.54, 1.807) is 19.9 Å². The van der Waals surface area contributed by atoms with Gasteiger partial charge in [-0.3, -0.25) is 0 Å². The normalized spacial score (nSPS) is 24.8. The highest BCUT2D eigenvalue weighted by Gasteiger charge is 2.53. The average Bonchev–Trinajstić information content (AvgIpc) is 2.82. The van der Waals surface area contributed by atoms with E-state index in [0.29, 0.717) is 28.1 Å². The first-order chi connectivity index (χ1) is 15.8. The Labute approximate surface area is 192 Å². The molecule has 0 amide bonds. The number of aromatic nitrogens is 3. The number of amidine groups is 1. The van der Waals surface area contributed by atoms with Gasteiger partial charge in [0.1, 0.15) is 42.6 Å². The number of rotatable bonds is 5. The van der Waals surface area contributed by atoms with Crippen LogP contribution in [0.15, 0.2) is 41.8 Å². The Hall–Kier alpha value is -3.39. The number of aliphatic imine (C=N–C) groups is 1. The van der Waals surface area contributed by atoms with Crippen molar-refractivity contribution in [2.75, 3.05) is 18.7 Å². The third-order valence-electron chi connectivity index (χ3n) is 6.05. The molecule has 1 aliphatic heterocycles. The quantitative estimate of drug-likeness (QED) is 0.568. The molecular weight excluding hydrogens is 451 g/mol. The van der Waals surface area contributed by atoms with Crippen LogP contribution in [0.5, 0.6) is 0 Å². The van der Waals surface area contributed by atoms with Gasteiger partial charge in [0.15, 0.2) is 11.0 Å². The van der Waals surface area contributed by atoms with Crippen molar-refractivity contribution >= 4 is 39.5 Å². The van der Waals surface area contributed by atoms with Gasteiger partial charge >= 0.3 is 0 Å². The maximum Gasteiger partial charge on any atom is 0.160 e. The van der Waals surface area contributed by atoms with Gasteiger partial charge in [-0.15, -0.1) is 0 Å². The Balaban J connectivity index is 1.80. The van der Waals surface area contributed by atoms with Crippen LogP contribution in [-0.4, -0.2) is 38.2 Å². The maximum atomic E-state index is 15.0. The molecule has 0 fully saturated rings. The number of nitriles is 1. The highest BCUT2D eigenvalue weighted by Crippen LogP contribution is 2.51. The van der Waals surface area contributed by atoms with E-state index in [0.717, 1.165) is 11.8 Å². The van der Waals surface area contributed by atoms with Crippen molar-refractivity contribution in [2.24, 2.45) is 16.6 Å². The molecular formula is C22H20F3N7S. The van der Waals surface area contributed by atoms with Crippen LogP contribution in [0.25, 0.3) is 11.0 Å². The molecule has 0 aliphatic carbocycles. The molecule has 0 bridgehead atoms. The van der Waals surface area contributed by atoms with E-state index in [1.165, 1.54) is 30.7 Å². The van der Waals surface area contributed by atoms with Crippen LogP contribution >= 0.6 is 11.8 Å². The van der Waals surface area contributed by atoms with Crippen LogP contribution in [0.3, 0.4) is 0 Å². The van der Waals surface area contributed by atoms with Crippen LogP contribution in [0, 0.1) is 23.1 Å². The molecule has 11 heteroatoms. The standard InChI is InChI=1S/C22H20F3N7S/c1-12-21(2,9-23)33-20(27)32-22(12,10-24)15-6-14(3-4-16(15)25)31-19-18-17(29-11-30-19)5-13(7-26)8-28-18/h3-6,8,11-12H,9-10H2,1-2H3,(H2,27,32)(H,29,30,31)/t12-,21-,22+/m1/s1. The summed E-state index contributed by atoms with van der Waals surface area (Å²) in [7, 11) is 0. The molecule has 1 aliphatic rings. The number of nitrogens with zero attached hydrogens (tertiary/aromatic N) is 5. The molecule has 0 spiro atoms. The fourth-order valence-electron chi connectivity index (χ4n) is 3.97. The summed E-state index contributed by atoms with van der Waals surface area (Å²) < 4.78 is 42.5. The molecule has 33 heavy (non-hydrogen) atoms. The van der Waals surface area contributed by atoms with Crippen molar-refractivity contribution in [3.05, 3.63) is 53.7 Å². The highest BCUT2D eigenvalue weighted by molar-refractivity contribution is 8.15. The Morgan fingerprint density at radius 1 is 1.21 bits per heavy atom. The highest BCUT2D eigenvalue weighted by atomic mass is 32.2. The lowest BCUT2D eigenvalue weighted by Crippen LogP contribution is -2.52. The third kappa shape index (κ3) is 3.84. The second-order valence-electron chi connectivity index (χ2n) is 8.02. The van der Waals surface area contributed by atoms with E-state index in [9.17, 15) is 8.78 Å². The molecule has 4 rings (SSSR count). The van der Waals surface area contributed by atoms with Gasteiger partial charge in [-0.1, -0.05) is 18.7 Å². The van der Waals surface area contributed by atoms with Gasteiger partial charge in [0.2, 0.25) is 0 Å². The lowest BCUT2D eigenvalue weighted by atomic mass is 9.73. The predicted octanol–water partition coefficient (Wildman–Crippen LogP) is 4.37. The topological polar surface area (TPSA) is 113 Å².